The summed E-state index contributed by atoms with van der Waals surface area (Å²) in [7, 11) is 1.63. The van der Waals surface area contributed by atoms with Gasteiger partial charge in [-0.3, -0.25) is 0 Å². The normalized spacial score (nSPS) is 11.8. The Morgan fingerprint density at radius 2 is 1.90 bits per heavy atom. The van der Waals surface area contributed by atoms with Crippen molar-refractivity contribution in [1.29, 1.82) is 0 Å². The molecule has 0 fully saturated rings. The lowest BCUT2D eigenvalue weighted by Crippen LogP contribution is -2.35. The number of ether oxygens (including phenoxy) is 2. The third-order valence-corrected chi connectivity index (χ3v) is 2.90. The summed E-state index contributed by atoms with van der Waals surface area (Å²) in [5.41, 5.74) is 1.05. The lowest BCUT2D eigenvalue weighted by molar-refractivity contribution is 0.253. The molecule has 0 atom stereocenters. The summed E-state index contributed by atoms with van der Waals surface area (Å²) in [5.74, 6) is 1.92. The lowest BCUT2D eigenvalue weighted by atomic mass is 10.1. The molecule has 0 aliphatic rings. The Kier molecular flexibility index (Phi) is 6.15. The van der Waals surface area contributed by atoms with E-state index >= 15 is 0 Å². The van der Waals surface area contributed by atoms with E-state index in [4.69, 9.17) is 21.1 Å². The average molecular weight is 300 g/mol. The molecule has 1 rings (SSSR count). The van der Waals surface area contributed by atoms with Crippen LogP contribution >= 0.6 is 11.6 Å². The van der Waals surface area contributed by atoms with E-state index in [-0.39, 0.29) is 5.54 Å². The zero-order valence-corrected chi connectivity index (χ0v) is 14.1. The molecular weight excluding hydrogens is 274 g/mol. The quantitative estimate of drug-likeness (QED) is 0.851. The molecule has 20 heavy (non-hydrogen) atoms. The molecule has 0 radical (unpaired) electrons. The second-order valence-corrected chi connectivity index (χ2v) is 6.84. The van der Waals surface area contributed by atoms with Crippen molar-refractivity contribution in [2.75, 3.05) is 13.7 Å². The Bertz CT molecular complexity index is 439. The summed E-state index contributed by atoms with van der Waals surface area (Å²) < 4.78 is 11.3. The van der Waals surface area contributed by atoms with Crippen molar-refractivity contribution in [1.82, 2.24) is 5.32 Å². The first-order valence-corrected chi connectivity index (χ1v) is 7.35. The highest BCUT2D eigenvalue weighted by Crippen LogP contribution is 2.35. The Labute approximate surface area is 127 Å². The molecule has 0 spiro atoms. The molecule has 0 saturated carbocycles. The van der Waals surface area contributed by atoms with Gasteiger partial charge in [-0.2, -0.15) is 0 Å². The van der Waals surface area contributed by atoms with Gasteiger partial charge in [-0.15, -0.1) is 0 Å². The van der Waals surface area contributed by atoms with Crippen LogP contribution in [0.15, 0.2) is 12.1 Å². The largest absolute Gasteiger partial charge is 0.493 e. The topological polar surface area (TPSA) is 30.5 Å². The van der Waals surface area contributed by atoms with Crippen molar-refractivity contribution in [2.45, 2.75) is 46.7 Å². The van der Waals surface area contributed by atoms with Gasteiger partial charge in [0.25, 0.3) is 0 Å². The predicted octanol–water partition coefficient (Wildman–Crippen LogP) is 4.27. The van der Waals surface area contributed by atoms with Gasteiger partial charge in [-0.1, -0.05) is 25.4 Å². The van der Waals surface area contributed by atoms with Crippen LogP contribution in [0.4, 0.5) is 0 Å². The Balaban J connectivity index is 3.02. The van der Waals surface area contributed by atoms with Crippen molar-refractivity contribution in [3.63, 3.8) is 0 Å². The summed E-state index contributed by atoms with van der Waals surface area (Å²) in [6, 6.07) is 3.72. The van der Waals surface area contributed by atoms with E-state index in [0.717, 1.165) is 11.3 Å². The minimum absolute atomic E-state index is 0.0326. The first kappa shape index (κ1) is 17.1. The molecule has 4 heteroatoms. The van der Waals surface area contributed by atoms with Gasteiger partial charge in [0.05, 0.1) is 13.7 Å². The molecule has 1 aromatic rings. The summed E-state index contributed by atoms with van der Waals surface area (Å²) in [6.07, 6.45) is 0. The highest BCUT2D eigenvalue weighted by Gasteiger charge is 2.16. The number of hydrogen-bond donors (Lipinski definition) is 1. The highest BCUT2D eigenvalue weighted by atomic mass is 35.5. The number of halogens is 1. The maximum Gasteiger partial charge on any atom is 0.165 e. The maximum absolute atomic E-state index is 6.15. The molecule has 0 heterocycles. The summed E-state index contributed by atoms with van der Waals surface area (Å²) >= 11 is 6.15. The van der Waals surface area contributed by atoms with Crippen LogP contribution in [0.5, 0.6) is 11.5 Å². The Morgan fingerprint density at radius 3 is 2.40 bits per heavy atom. The van der Waals surface area contributed by atoms with Gasteiger partial charge < -0.3 is 14.8 Å². The van der Waals surface area contributed by atoms with Crippen molar-refractivity contribution in [3.8, 4) is 11.5 Å². The van der Waals surface area contributed by atoms with Crippen LogP contribution in [-0.2, 0) is 6.54 Å². The number of benzene rings is 1. The van der Waals surface area contributed by atoms with Gasteiger partial charge in [-0.25, -0.2) is 0 Å². The minimum Gasteiger partial charge on any atom is -0.493 e. The summed E-state index contributed by atoms with van der Waals surface area (Å²) in [6.45, 7) is 12.0. The third-order valence-electron chi connectivity index (χ3n) is 2.69. The van der Waals surface area contributed by atoms with Gasteiger partial charge in [0.2, 0.25) is 0 Å². The summed E-state index contributed by atoms with van der Waals surface area (Å²) in [5, 5.41) is 4.11. The fourth-order valence-electron chi connectivity index (χ4n) is 1.68. The molecule has 0 unspecified atom stereocenters. The van der Waals surface area contributed by atoms with Crippen LogP contribution in [0.3, 0.4) is 0 Å². The molecular formula is C16H26ClNO2. The number of rotatable bonds is 6. The maximum atomic E-state index is 6.15. The first-order valence-electron chi connectivity index (χ1n) is 6.97. The van der Waals surface area contributed by atoms with E-state index in [1.165, 1.54) is 0 Å². The number of hydrogen-bond acceptors (Lipinski definition) is 3. The van der Waals surface area contributed by atoms with Gasteiger partial charge in [0, 0.05) is 28.7 Å². The summed E-state index contributed by atoms with van der Waals surface area (Å²) in [4.78, 5) is 0. The Morgan fingerprint density at radius 1 is 1.25 bits per heavy atom. The second-order valence-electron chi connectivity index (χ2n) is 6.40. The third kappa shape index (κ3) is 5.59. The standard InChI is InChI=1S/C16H26ClNO2/c1-11(2)10-20-15-12(9-18-16(3,4)5)7-13(17)8-14(15)19-6/h7-8,11,18H,9-10H2,1-6H3. The van der Waals surface area contributed by atoms with Gasteiger partial charge >= 0.3 is 0 Å². The van der Waals surface area contributed by atoms with Crippen LogP contribution < -0.4 is 14.8 Å². The molecule has 0 amide bonds. The van der Waals surface area contributed by atoms with Crippen LogP contribution in [0.25, 0.3) is 0 Å². The fraction of sp³-hybridized carbons (Fsp3) is 0.625. The van der Waals surface area contributed by atoms with Crippen molar-refractivity contribution < 1.29 is 9.47 Å². The van der Waals surface area contributed by atoms with Crippen LogP contribution in [-0.4, -0.2) is 19.3 Å². The van der Waals surface area contributed by atoms with E-state index < -0.39 is 0 Å². The smallest absolute Gasteiger partial charge is 0.165 e. The van der Waals surface area contributed by atoms with E-state index in [9.17, 15) is 0 Å². The minimum atomic E-state index is 0.0326. The molecule has 3 nitrogen and oxygen atoms in total. The molecule has 0 aromatic heterocycles. The lowest BCUT2D eigenvalue weighted by Gasteiger charge is -2.23. The van der Waals surface area contributed by atoms with E-state index in [2.05, 4.69) is 39.9 Å². The van der Waals surface area contributed by atoms with E-state index in [1.54, 1.807) is 13.2 Å². The molecule has 0 aliphatic heterocycles. The SMILES string of the molecule is COc1cc(Cl)cc(CNC(C)(C)C)c1OCC(C)C. The van der Waals surface area contributed by atoms with E-state index in [0.29, 0.717) is 29.8 Å². The monoisotopic (exact) mass is 299 g/mol. The molecule has 1 aromatic carbocycles. The van der Waals surface area contributed by atoms with Crippen molar-refractivity contribution in [2.24, 2.45) is 5.92 Å². The second kappa shape index (κ2) is 7.19. The number of nitrogens with one attached hydrogen (secondary N) is 1. The number of methoxy groups -OCH3 is 1. The molecule has 0 saturated heterocycles. The zero-order valence-electron chi connectivity index (χ0n) is 13.3. The van der Waals surface area contributed by atoms with Gasteiger partial charge in [-0.05, 0) is 32.8 Å². The van der Waals surface area contributed by atoms with Gasteiger partial charge in [0.15, 0.2) is 11.5 Å². The van der Waals surface area contributed by atoms with Gasteiger partial charge in [0.1, 0.15) is 0 Å². The molecule has 114 valence electrons. The molecule has 0 aliphatic carbocycles. The van der Waals surface area contributed by atoms with Crippen molar-refractivity contribution >= 4 is 11.6 Å². The molecule has 0 bridgehead atoms. The molecule has 1 N–H and O–H groups in total. The fourth-order valence-corrected chi connectivity index (χ4v) is 1.91. The Hall–Kier alpha value is -0.930. The van der Waals surface area contributed by atoms with Crippen LogP contribution in [0, 0.1) is 5.92 Å². The van der Waals surface area contributed by atoms with Crippen molar-refractivity contribution in [3.05, 3.63) is 22.7 Å². The first-order chi connectivity index (χ1) is 9.23. The van der Waals surface area contributed by atoms with E-state index in [1.807, 2.05) is 6.07 Å². The predicted molar refractivity (Wildman–Crippen MR) is 84.9 cm³/mol. The van der Waals surface area contributed by atoms with Crippen LogP contribution in [0.2, 0.25) is 5.02 Å². The average Bonchev–Trinajstić information content (AvgIpc) is 2.33. The zero-order chi connectivity index (χ0) is 15.3. The highest BCUT2D eigenvalue weighted by molar-refractivity contribution is 6.30. The van der Waals surface area contributed by atoms with Crippen LogP contribution in [0.1, 0.15) is 40.2 Å².